The maximum Gasteiger partial charge on any atom is 0.0451 e. The predicted octanol–water partition coefficient (Wildman–Crippen LogP) is -0.365. The summed E-state index contributed by atoms with van der Waals surface area (Å²) in [6.07, 6.45) is 2.48. The van der Waals surface area contributed by atoms with E-state index in [0.717, 1.165) is 0 Å². The molecule has 0 spiro atoms. The van der Waals surface area contributed by atoms with E-state index in [0.29, 0.717) is 12.8 Å². The maximum absolute atomic E-state index is 8.55. The Balaban J connectivity index is 3.81. The molecular formula is C7H15NO2. The van der Waals surface area contributed by atoms with Crippen LogP contribution in [0, 0.1) is 0 Å². The van der Waals surface area contributed by atoms with E-state index in [1.165, 1.54) is 0 Å². The van der Waals surface area contributed by atoms with E-state index in [9.17, 15) is 0 Å². The summed E-state index contributed by atoms with van der Waals surface area (Å²) in [6.45, 7) is 3.58. The molecule has 60 valence electrons. The van der Waals surface area contributed by atoms with Gasteiger partial charge in [-0.3, -0.25) is 0 Å². The third-order valence-corrected chi connectivity index (χ3v) is 1.56. The highest BCUT2D eigenvalue weighted by Gasteiger charge is 2.18. The molecule has 3 nitrogen and oxygen atoms in total. The highest BCUT2D eigenvalue weighted by atomic mass is 16.3. The minimum atomic E-state index is -0.594. The number of aliphatic hydroxyl groups excluding tert-OH is 2. The van der Waals surface area contributed by atoms with Crippen molar-refractivity contribution in [2.45, 2.75) is 18.4 Å². The van der Waals surface area contributed by atoms with E-state index in [2.05, 4.69) is 6.58 Å². The first-order chi connectivity index (χ1) is 4.68. The van der Waals surface area contributed by atoms with Gasteiger partial charge < -0.3 is 15.9 Å². The molecule has 0 aliphatic carbocycles. The topological polar surface area (TPSA) is 66.5 Å². The van der Waals surface area contributed by atoms with Crippen molar-refractivity contribution in [3.8, 4) is 0 Å². The second-order valence-corrected chi connectivity index (χ2v) is 2.38. The molecule has 4 N–H and O–H groups in total. The lowest BCUT2D eigenvalue weighted by molar-refractivity contribution is 0.216. The van der Waals surface area contributed by atoms with E-state index in [1.54, 1.807) is 6.08 Å². The molecule has 0 amide bonds. The summed E-state index contributed by atoms with van der Waals surface area (Å²) in [5.41, 5.74) is 5.09. The van der Waals surface area contributed by atoms with E-state index in [4.69, 9.17) is 15.9 Å². The van der Waals surface area contributed by atoms with E-state index < -0.39 is 5.54 Å². The van der Waals surface area contributed by atoms with Crippen LogP contribution in [0.1, 0.15) is 12.8 Å². The standard InChI is InChI=1S/C7H15NO2/c1-2-7(8,3-5-9)4-6-10/h2,9-10H,1,3-6,8H2. The van der Waals surface area contributed by atoms with Crippen LogP contribution < -0.4 is 5.73 Å². The molecule has 0 aromatic heterocycles. The average Bonchev–Trinajstić information content (AvgIpc) is 1.89. The Labute approximate surface area is 61.2 Å². The van der Waals surface area contributed by atoms with Gasteiger partial charge in [-0.15, -0.1) is 6.58 Å². The summed E-state index contributed by atoms with van der Waals surface area (Å²) < 4.78 is 0. The third kappa shape index (κ3) is 2.96. The number of hydrogen-bond acceptors (Lipinski definition) is 3. The smallest absolute Gasteiger partial charge is 0.0451 e. The van der Waals surface area contributed by atoms with Crippen molar-refractivity contribution >= 4 is 0 Å². The van der Waals surface area contributed by atoms with Crippen LogP contribution in [0.15, 0.2) is 12.7 Å². The molecule has 0 aliphatic heterocycles. The van der Waals surface area contributed by atoms with Gasteiger partial charge in [0, 0.05) is 18.8 Å². The summed E-state index contributed by atoms with van der Waals surface area (Å²) in [5.74, 6) is 0. The molecule has 0 radical (unpaired) electrons. The van der Waals surface area contributed by atoms with Crippen molar-refractivity contribution in [2.24, 2.45) is 5.73 Å². The van der Waals surface area contributed by atoms with Crippen LogP contribution in [-0.4, -0.2) is 29.0 Å². The van der Waals surface area contributed by atoms with E-state index in [-0.39, 0.29) is 13.2 Å². The fraction of sp³-hybridized carbons (Fsp3) is 0.714. The summed E-state index contributed by atoms with van der Waals surface area (Å²) in [4.78, 5) is 0. The highest BCUT2D eigenvalue weighted by Crippen LogP contribution is 2.11. The van der Waals surface area contributed by atoms with Gasteiger partial charge in [-0.25, -0.2) is 0 Å². The van der Waals surface area contributed by atoms with Crippen LogP contribution in [0.4, 0.5) is 0 Å². The SMILES string of the molecule is C=CC(N)(CCO)CCO. The van der Waals surface area contributed by atoms with Crippen LogP contribution in [0.3, 0.4) is 0 Å². The number of nitrogens with two attached hydrogens (primary N) is 1. The first kappa shape index (κ1) is 9.62. The lowest BCUT2D eigenvalue weighted by Gasteiger charge is -2.23. The molecule has 0 aromatic carbocycles. The molecule has 0 saturated carbocycles. The molecule has 0 atom stereocenters. The van der Waals surface area contributed by atoms with Crippen molar-refractivity contribution < 1.29 is 10.2 Å². The molecule has 0 aromatic rings. The maximum atomic E-state index is 8.55. The van der Waals surface area contributed by atoms with Crippen molar-refractivity contribution in [3.63, 3.8) is 0 Å². The van der Waals surface area contributed by atoms with Gasteiger partial charge in [-0.2, -0.15) is 0 Å². The van der Waals surface area contributed by atoms with Gasteiger partial charge >= 0.3 is 0 Å². The van der Waals surface area contributed by atoms with Gasteiger partial charge in [0.25, 0.3) is 0 Å². The summed E-state index contributed by atoms with van der Waals surface area (Å²) in [7, 11) is 0. The second-order valence-electron chi connectivity index (χ2n) is 2.38. The lowest BCUT2D eigenvalue weighted by Crippen LogP contribution is -2.39. The molecule has 0 heterocycles. The Kier molecular flexibility index (Phi) is 4.27. The average molecular weight is 145 g/mol. The summed E-state index contributed by atoms with van der Waals surface area (Å²) >= 11 is 0. The predicted molar refractivity (Wildman–Crippen MR) is 40.5 cm³/mol. The first-order valence-corrected chi connectivity index (χ1v) is 3.33. The Morgan fingerprint density at radius 1 is 1.30 bits per heavy atom. The Bertz CT molecular complexity index is 97.8. The largest absolute Gasteiger partial charge is 0.396 e. The van der Waals surface area contributed by atoms with Gasteiger partial charge in [0.1, 0.15) is 0 Å². The fourth-order valence-corrected chi connectivity index (χ4v) is 0.745. The van der Waals surface area contributed by atoms with Crippen molar-refractivity contribution in [1.29, 1.82) is 0 Å². The van der Waals surface area contributed by atoms with E-state index >= 15 is 0 Å². The van der Waals surface area contributed by atoms with Crippen LogP contribution in [0.25, 0.3) is 0 Å². The molecule has 10 heavy (non-hydrogen) atoms. The molecule has 0 unspecified atom stereocenters. The zero-order valence-electron chi connectivity index (χ0n) is 6.08. The molecule has 0 fully saturated rings. The van der Waals surface area contributed by atoms with Crippen LogP contribution >= 0.6 is 0 Å². The second kappa shape index (κ2) is 4.44. The Hall–Kier alpha value is -0.380. The van der Waals surface area contributed by atoms with Crippen LogP contribution in [-0.2, 0) is 0 Å². The Morgan fingerprint density at radius 2 is 1.70 bits per heavy atom. The van der Waals surface area contributed by atoms with Gasteiger partial charge in [-0.1, -0.05) is 6.08 Å². The number of aliphatic hydroxyl groups is 2. The molecule has 3 heteroatoms. The monoisotopic (exact) mass is 145 g/mol. The fourth-order valence-electron chi connectivity index (χ4n) is 0.745. The minimum Gasteiger partial charge on any atom is -0.396 e. The zero-order valence-corrected chi connectivity index (χ0v) is 6.08. The van der Waals surface area contributed by atoms with Gasteiger partial charge in [0.05, 0.1) is 0 Å². The molecule has 0 saturated heterocycles. The van der Waals surface area contributed by atoms with Gasteiger partial charge in [-0.05, 0) is 12.8 Å². The van der Waals surface area contributed by atoms with Gasteiger partial charge in [0.15, 0.2) is 0 Å². The van der Waals surface area contributed by atoms with Crippen molar-refractivity contribution in [1.82, 2.24) is 0 Å². The zero-order chi connectivity index (χ0) is 8.04. The quantitative estimate of drug-likeness (QED) is 0.463. The Morgan fingerprint density at radius 3 is 1.90 bits per heavy atom. The molecular weight excluding hydrogens is 130 g/mol. The summed E-state index contributed by atoms with van der Waals surface area (Å²) in [5, 5.41) is 17.1. The lowest BCUT2D eigenvalue weighted by atomic mass is 9.94. The first-order valence-electron chi connectivity index (χ1n) is 3.33. The van der Waals surface area contributed by atoms with Crippen LogP contribution in [0.5, 0.6) is 0 Å². The van der Waals surface area contributed by atoms with Crippen LogP contribution in [0.2, 0.25) is 0 Å². The molecule has 0 bridgehead atoms. The highest BCUT2D eigenvalue weighted by molar-refractivity contribution is 4.99. The minimum absolute atomic E-state index is 0.0303. The number of hydrogen-bond donors (Lipinski definition) is 3. The molecule has 0 aliphatic rings. The van der Waals surface area contributed by atoms with Gasteiger partial charge in [0.2, 0.25) is 0 Å². The number of rotatable bonds is 5. The van der Waals surface area contributed by atoms with Crippen molar-refractivity contribution in [2.75, 3.05) is 13.2 Å². The molecule has 0 rings (SSSR count). The summed E-state index contributed by atoms with van der Waals surface area (Å²) in [6, 6.07) is 0. The van der Waals surface area contributed by atoms with Crippen molar-refractivity contribution in [3.05, 3.63) is 12.7 Å². The third-order valence-electron chi connectivity index (χ3n) is 1.56. The normalized spacial score (nSPS) is 11.5. The van der Waals surface area contributed by atoms with E-state index in [1.807, 2.05) is 0 Å².